The summed E-state index contributed by atoms with van der Waals surface area (Å²) in [6.07, 6.45) is 3.54. The summed E-state index contributed by atoms with van der Waals surface area (Å²) in [6, 6.07) is 3.60. The summed E-state index contributed by atoms with van der Waals surface area (Å²) in [6.45, 7) is 6.32. The van der Waals surface area contributed by atoms with Gasteiger partial charge in [0.2, 0.25) is 0 Å². The van der Waals surface area contributed by atoms with Crippen LogP contribution in [0, 0.1) is 24.2 Å². The first-order valence-corrected chi connectivity index (χ1v) is 8.11. The molecular formula is C19H24O3. The molecular weight excluding hydrogens is 276 g/mol. The van der Waals surface area contributed by atoms with Gasteiger partial charge in [0.1, 0.15) is 5.75 Å². The van der Waals surface area contributed by atoms with Gasteiger partial charge >= 0.3 is 0 Å². The number of Topliss-reactive ketones (excluding diaryl/α,β-unsaturated/α-hetero) is 2. The molecule has 0 bridgehead atoms. The number of ketones is 2. The van der Waals surface area contributed by atoms with E-state index in [0.717, 1.165) is 24.8 Å². The highest BCUT2D eigenvalue weighted by Gasteiger charge is 2.46. The van der Waals surface area contributed by atoms with Crippen molar-refractivity contribution in [1.82, 2.24) is 0 Å². The second-order valence-electron chi connectivity index (χ2n) is 7.45. The highest BCUT2D eigenvalue weighted by Crippen LogP contribution is 2.49. The predicted octanol–water partition coefficient (Wildman–Crippen LogP) is 4.22. The number of benzene rings is 1. The van der Waals surface area contributed by atoms with Gasteiger partial charge in [-0.15, -0.1) is 0 Å². The maximum absolute atomic E-state index is 13.1. The van der Waals surface area contributed by atoms with Gasteiger partial charge in [-0.3, -0.25) is 9.59 Å². The van der Waals surface area contributed by atoms with Gasteiger partial charge in [-0.05, 0) is 48.8 Å². The monoisotopic (exact) mass is 300 g/mol. The van der Waals surface area contributed by atoms with Crippen molar-refractivity contribution in [2.24, 2.45) is 17.3 Å². The van der Waals surface area contributed by atoms with E-state index in [1.807, 2.05) is 13.0 Å². The first kappa shape index (κ1) is 15.3. The van der Waals surface area contributed by atoms with Crippen LogP contribution in [0.25, 0.3) is 0 Å². The molecule has 1 saturated carbocycles. The Balaban J connectivity index is 2.14. The number of carbonyl (C=O) groups excluding carboxylic acids is 2. The van der Waals surface area contributed by atoms with Gasteiger partial charge in [0, 0.05) is 23.5 Å². The van der Waals surface area contributed by atoms with Crippen LogP contribution >= 0.6 is 0 Å². The Hall–Kier alpha value is -1.64. The lowest BCUT2D eigenvalue weighted by Gasteiger charge is -2.42. The fourth-order valence-electron chi connectivity index (χ4n) is 4.29. The molecule has 0 aromatic heterocycles. The maximum atomic E-state index is 13.1. The maximum Gasteiger partial charge on any atom is 0.167 e. The number of hydrogen-bond acceptors (Lipinski definition) is 3. The van der Waals surface area contributed by atoms with Crippen molar-refractivity contribution in [2.45, 2.75) is 46.5 Å². The molecule has 118 valence electrons. The van der Waals surface area contributed by atoms with Crippen LogP contribution in [0.3, 0.4) is 0 Å². The Morgan fingerprint density at radius 1 is 1.18 bits per heavy atom. The molecule has 0 spiro atoms. The summed E-state index contributed by atoms with van der Waals surface area (Å²) in [7, 11) is 1.60. The highest BCUT2D eigenvalue weighted by atomic mass is 16.5. The van der Waals surface area contributed by atoms with Crippen LogP contribution in [0.1, 0.15) is 65.8 Å². The van der Waals surface area contributed by atoms with E-state index in [1.165, 1.54) is 0 Å². The molecule has 1 fully saturated rings. The van der Waals surface area contributed by atoms with Gasteiger partial charge in [-0.1, -0.05) is 20.3 Å². The molecule has 0 radical (unpaired) electrons. The summed E-state index contributed by atoms with van der Waals surface area (Å²) in [5.74, 6) is 1.06. The van der Waals surface area contributed by atoms with E-state index in [2.05, 4.69) is 13.8 Å². The number of carbonyl (C=O) groups is 2. The van der Waals surface area contributed by atoms with Crippen LogP contribution < -0.4 is 4.74 Å². The molecule has 0 amide bonds. The fraction of sp³-hybridized carbons (Fsp3) is 0.579. The third-order valence-corrected chi connectivity index (χ3v) is 5.67. The van der Waals surface area contributed by atoms with Crippen molar-refractivity contribution >= 4 is 11.6 Å². The zero-order chi connectivity index (χ0) is 16.1. The van der Waals surface area contributed by atoms with Crippen LogP contribution in [0.5, 0.6) is 5.75 Å². The molecule has 2 aliphatic rings. The van der Waals surface area contributed by atoms with Crippen molar-refractivity contribution in [2.75, 3.05) is 7.11 Å². The van der Waals surface area contributed by atoms with Crippen LogP contribution in [0.4, 0.5) is 0 Å². The van der Waals surface area contributed by atoms with E-state index in [9.17, 15) is 9.59 Å². The molecule has 1 aromatic rings. The zero-order valence-electron chi connectivity index (χ0n) is 13.9. The van der Waals surface area contributed by atoms with Crippen LogP contribution in [-0.2, 0) is 0 Å². The second kappa shape index (κ2) is 5.22. The Morgan fingerprint density at radius 3 is 2.59 bits per heavy atom. The molecule has 0 saturated heterocycles. The number of fused-ring (bicyclic) bond motifs is 2. The smallest absolute Gasteiger partial charge is 0.167 e. The molecule has 0 unspecified atom stereocenters. The highest BCUT2D eigenvalue weighted by molar-refractivity contribution is 6.12. The van der Waals surface area contributed by atoms with Gasteiger partial charge in [0.25, 0.3) is 0 Å². The number of hydrogen-bond donors (Lipinski definition) is 0. The SMILES string of the molecule is COc1cc2c(cc1C)C(=O)C[C@@H]1[C@H](CCCC1(C)C)C2=O. The Morgan fingerprint density at radius 2 is 1.91 bits per heavy atom. The molecule has 3 rings (SSSR count). The molecule has 22 heavy (non-hydrogen) atoms. The normalized spacial score (nSPS) is 26.9. The Labute approximate surface area is 132 Å². The summed E-state index contributed by atoms with van der Waals surface area (Å²) in [5.41, 5.74) is 2.12. The lowest BCUT2D eigenvalue weighted by molar-refractivity contribution is 0.0498. The minimum Gasteiger partial charge on any atom is -0.496 e. The van der Waals surface area contributed by atoms with Crippen molar-refractivity contribution in [3.05, 3.63) is 28.8 Å². The van der Waals surface area contributed by atoms with Crippen molar-refractivity contribution < 1.29 is 14.3 Å². The van der Waals surface area contributed by atoms with Gasteiger partial charge in [-0.25, -0.2) is 0 Å². The van der Waals surface area contributed by atoms with Crippen LogP contribution in [0.15, 0.2) is 12.1 Å². The summed E-state index contributed by atoms with van der Waals surface area (Å²) in [4.78, 5) is 25.8. The number of ether oxygens (including phenoxy) is 1. The van der Waals surface area contributed by atoms with E-state index in [1.54, 1.807) is 13.2 Å². The quantitative estimate of drug-likeness (QED) is 0.780. The summed E-state index contributed by atoms with van der Waals surface area (Å²) < 4.78 is 5.35. The largest absolute Gasteiger partial charge is 0.496 e. The van der Waals surface area contributed by atoms with Crippen molar-refractivity contribution in [1.29, 1.82) is 0 Å². The first-order chi connectivity index (χ1) is 10.3. The molecule has 2 aliphatic carbocycles. The lowest BCUT2D eigenvalue weighted by Crippen LogP contribution is -2.38. The summed E-state index contributed by atoms with van der Waals surface area (Å²) >= 11 is 0. The number of methoxy groups -OCH3 is 1. The van der Waals surface area contributed by atoms with Crippen LogP contribution in [-0.4, -0.2) is 18.7 Å². The van der Waals surface area contributed by atoms with Crippen molar-refractivity contribution in [3.63, 3.8) is 0 Å². The molecule has 0 heterocycles. The Kier molecular flexibility index (Phi) is 3.62. The third kappa shape index (κ3) is 2.27. The van der Waals surface area contributed by atoms with Gasteiger partial charge in [-0.2, -0.15) is 0 Å². The van der Waals surface area contributed by atoms with Crippen LogP contribution in [0.2, 0.25) is 0 Å². The average molecular weight is 300 g/mol. The number of rotatable bonds is 1. The minimum absolute atomic E-state index is 0.0265. The summed E-state index contributed by atoms with van der Waals surface area (Å²) in [5, 5.41) is 0. The van der Waals surface area contributed by atoms with Gasteiger partial charge in [0.15, 0.2) is 11.6 Å². The van der Waals surface area contributed by atoms with E-state index in [0.29, 0.717) is 23.3 Å². The van der Waals surface area contributed by atoms with E-state index >= 15 is 0 Å². The lowest BCUT2D eigenvalue weighted by atomic mass is 9.61. The fourth-order valence-corrected chi connectivity index (χ4v) is 4.29. The van der Waals surface area contributed by atoms with E-state index in [4.69, 9.17) is 4.74 Å². The molecule has 1 aromatic carbocycles. The van der Waals surface area contributed by atoms with E-state index < -0.39 is 0 Å². The second-order valence-corrected chi connectivity index (χ2v) is 7.45. The topological polar surface area (TPSA) is 43.4 Å². The van der Waals surface area contributed by atoms with Gasteiger partial charge in [0.05, 0.1) is 7.11 Å². The molecule has 3 nitrogen and oxygen atoms in total. The molecule has 2 atom stereocenters. The van der Waals surface area contributed by atoms with Crippen molar-refractivity contribution in [3.8, 4) is 5.75 Å². The van der Waals surface area contributed by atoms with Gasteiger partial charge < -0.3 is 4.74 Å². The molecule has 0 aliphatic heterocycles. The van der Waals surface area contributed by atoms with E-state index in [-0.39, 0.29) is 28.8 Å². The standard InChI is InChI=1S/C19H24O3/c1-11-8-13-14(9-17(11)22-4)18(21)12-6-5-7-19(2,3)15(12)10-16(13)20/h8-9,12,15H,5-7,10H2,1-4H3/t12-,15+/m0/s1. The third-order valence-electron chi connectivity index (χ3n) is 5.67. The molecule has 3 heteroatoms. The number of aryl methyl sites for hydroxylation is 1. The minimum atomic E-state index is -0.0265. The molecule has 0 N–H and O–H groups in total. The Bertz CT molecular complexity index is 642. The first-order valence-electron chi connectivity index (χ1n) is 8.11. The predicted molar refractivity (Wildman–Crippen MR) is 85.6 cm³/mol. The zero-order valence-corrected chi connectivity index (χ0v) is 13.9. The average Bonchev–Trinajstić information content (AvgIpc) is 2.56.